The molecule has 0 spiro atoms. The molecule has 154 valence electrons. The molecule has 1 saturated heterocycles. The van der Waals surface area contributed by atoms with E-state index in [0.717, 1.165) is 34.6 Å². The molecule has 1 aromatic rings. The highest BCUT2D eigenvalue weighted by Crippen LogP contribution is 2.40. The number of hydrogen-bond donors (Lipinski definition) is 1. The second-order valence-corrected chi connectivity index (χ2v) is 9.12. The molecule has 29 heavy (non-hydrogen) atoms. The number of amides is 3. The van der Waals surface area contributed by atoms with Crippen molar-refractivity contribution in [1.82, 2.24) is 4.90 Å². The highest BCUT2D eigenvalue weighted by molar-refractivity contribution is 7.17. The van der Waals surface area contributed by atoms with Crippen LogP contribution in [0.5, 0.6) is 0 Å². The maximum absolute atomic E-state index is 12.7. The molecule has 2 heterocycles. The summed E-state index contributed by atoms with van der Waals surface area (Å²) in [5.74, 6) is -1.72. The van der Waals surface area contributed by atoms with Crippen LogP contribution >= 0.6 is 11.3 Å². The van der Waals surface area contributed by atoms with Crippen molar-refractivity contribution >= 4 is 40.0 Å². The van der Waals surface area contributed by atoms with Crippen LogP contribution in [0.15, 0.2) is 12.2 Å². The van der Waals surface area contributed by atoms with Crippen LogP contribution in [0, 0.1) is 17.8 Å². The van der Waals surface area contributed by atoms with E-state index in [1.807, 2.05) is 12.2 Å². The molecule has 1 N–H and O–H groups in total. The van der Waals surface area contributed by atoms with Gasteiger partial charge >= 0.3 is 5.97 Å². The van der Waals surface area contributed by atoms with E-state index >= 15 is 0 Å². The normalized spacial score (nSPS) is 25.6. The lowest BCUT2D eigenvalue weighted by atomic mass is 9.85. The van der Waals surface area contributed by atoms with Crippen LogP contribution in [0.4, 0.5) is 5.00 Å². The van der Waals surface area contributed by atoms with Gasteiger partial charge in [-0.15, -0.1) is 11.3 Å². The standard InChI is InChI=1S/C21H24N2O5S/c1-11-7-8-14-15(9-11)29-18(17(14)21(27)28-2)22-16(24)10-23-19(25)12-5-3-4-6-13(12)20(23)26/h3-4,11-13H,5-10H2,1-2H3,(H,22,24)/t11-,12-,13-/m0/s1. The molecule has 3 aliphatic rings. The lowest BCUT2D eigenvalue weighted by Crippen LogP contribution is -2.38. The number of hydrogen-bond acceptors (Lipinski definition) is 6. The van der Waals surface area contributed by atoms with Crippen molar-refractivity contribution in [2.24, 2.45) is 17.8 Å². The molecular formula is C21H24N2O5S. The average Bonchev–Trinajstić information content (AvgIpc) is 3.17. The Balaban J connectivity index is 1.52. The van der Waals surface area contributed by atoms with Gasteiger partial charge in [-0.1, -0.05) is 19.1 Å². The van der Waals surface area contributed by atoms with Gasteiger partial charge in [-0.2, -0.15) is 0 Å². The van der Waals surface area contributed by atoms with Crippen LogP contribution in [0.2, 0.25) is 0 Å². The number of likely N-dealkylation sites (tertiary alicyclic amines) is 1. The van der Waals surface area contributed by atoms with Crippen molar-refractivity contribution in [3.63, 3.8) is 0 Å². The summed E-state index contributed by atoms with van der Waals surface area (Å²) in [6.45, 7) is 1.84. The Bertz CT molecular complexity index is 892. The molecule has 0 unspecified atom stereocenters. The summed E-state index contributed by atoms with van der Waals surface area (Å²) in [7, 11) is 1.32. The first-order valence-corrected chi connectivity index (χ1v) is 10.7. The molecule has 7 nitrogen and oxygen atoms in total. The minimum absolute atomic E-state index is 0.285. The minimum atomic E-state index is -0.477. The van der Waals surface area contributed by atoms with Crippen LogP contribution in [-0.4, -0.2) is 42.2 Å². The molecular weight excluding hydrogens is 392 g/mol. The topological polar surface area (TPSA) is 92.8 Å². The van der Waals surface area contributed by atoms with Crippen molar-refractivity contribution in [3.8, 4) is 0 Å². The van der Waals surface area contributed by atoms with Gasteiger partial charge in [0.05, 0.1) is 24.5 Å². The van der Waals surface area contributed by atoms with Gasteiger partial charge in [0, 0.05) is 4.88 Å². The van der Waals surface area contributed by atoms with Gasteiger partial charge in [0.15, 0.2) is 0 Å². The van der Waals surface area contributed by atoms with E-state index in [0.29, 0.717) is 29.3 Å². The summed E-state index contributed by atoms with van der Waals surface area (Å²) in [6.07, 6.45) is 7.51. The highest BCUT2D eigenvalue weighted by Gasteiger charge is 2.47. The number of fused-ring (bicyclic) bond motifs is 2. The first kappa shape index (κ1) is 19.8. The van der Waals surface area contributed by atoms with Gasteiger partial charge in [-0.05, 0) is 43.6 Å². The largest absolute Gasteiger partial charge is 0.465 e. The van der Waals surface area contributed by atoms with E-state index in [1.54, 1.807) is 0 Å². The fraction of sp³-hybridized carbons (Fsp3) is 0.524. The number of imide groups is 1. The first-order chi connectivity index (χ1) is 13.9. The minimum Gasteiger partial charge on any atom is -0.465 e. The molecule has 0 saturated carbocycles. The fourth-order valence-corrected chi connectivity index (χ4v) is 5.91. The van der Waals surface area contributed by atoms with E-state index in [1.165, 1.54) is 18.4 Å². The molecule has 0 aromatic carbocycles. The first-order valence-electron chi connectivity index (χ1n) is 9.93. The van der Waals surface area contributed by atoms with Crippen LogP contribution < -0.4 is 5.32 Å². The number of carbonyl (C=O) groups is 4. The van der Waals surface area contributed by atoms with E-state index < -0.39 is 11.9 Å². The molecule has 1 aliphatic heterocycles. The van der Waals surface area contributed by atoms with Gasteiger partial charge in [0.2, 0.25) is 17.7 Å². The number of esters is 1. The quantitative estimate of drug-likeness (QED) is 0.463. The summed E-state index contributed by atoms with van der Waals surface area (Å²) >= 11 is 1.39. The maximum Gasteiger partial charge on any atom is 0.341 e. The van der Waals surface area contributed by atoms with Gasteiger partial charge in [-0.25, -0.2) is 4.79 Å². The van der Waals surface area contributed by atoms with Gasteiger partial charge in [0.25, 0.3) is 0 Å². The summed E-state index contributed by atoms with van der Waals surface area (Å²) in [4.78, 5) is 52.3. The molecule has 3 atom stereocenters. The predicted octanol–water partition coefficient (Wildman–Crippen LogP) is 2.55. The summed E-state index contributed by atoms with van der Waals surface area (Å²) in [5, 5.41) is 3.21. The van der Waals surface area contributed by atoms with Crippen LogP contribution in [0.3, 0.4) is 0 Å². The zero-order chi connectivity index (χ0) is 20.7. The monoisotopic (exact) mass is 416 g/mol. The van der Waals surface area contributed by atoms with E-state index in [-0.39, 0.29) is 30.2 Å². The number of allylic oxidation sites excluding steroid dienone is 2. The molecule has 1 fully saturated rings. The lowest BCUT2D eigenvalue weighted by Gasteiger charge is -2.18. The number of thiophene rings is 1. The Morgan fingerprint density at radius 1 is 1.21 bits per heavy atom. The Labute approximate surface area is 173 Å². The van der Waals surface area contributed by atoms with E-state index in [4.69, 9.17) is 4.74 Å². The molecule has 4 rings (SSSR count). The summed E-state index contributed by atoms with van der Waals surface area (Å²) in [6, 6.07) is 0. The molecule has 0 bridgehead atoms. The zero-order valence-corrected chi connectivity index (χ0v) is 17.3. The number of nitrogens with zero attached hydrogens (tertiary/aromatic N) is 1. The molecule has 8 heteroatoms. The molecule has 0 radical (unpaired) electrons. The number of methoxy groups -OCH3 is 1. The Morgan fingerprint density at radius 3 is 2.48 bits per heavy atom. The van der Waals surface area contributed by atoms with Crippen molar-refractivity contribution in [1.29, 1.82) is 0 Å². The number of carbonyl (C=O) groups excluding carboxylic acids is 4. The maximum atomic E-state index is 12.7. The molecule has 3 amide bonds. The highest BCUT2D eigenvalue weighted by atomic mass is 32.1. The number of rotatable bonds is 4. The average molecular weight is 416 g/mol. The molecule has 1 aromatic heterocycles. The second kappa shape index (κ2) is 7.74. The lowest BCUT2D eigenvalue weighted by molar-refractivity contribution is -0.142. The van der Waals surface area contributed by atoms with Crippen molar-refractivity contribution < 1.29 is 23.9 Å². The summed E-state index contributed by atoms with van der Waals surface area (Å²) in [5.41, 5.74) is 1.35. The third kappa shape index (κ3) is 3.50. The second-order valence-electron chi connectivity index (χ2n) is 8.01. The third-order valence-electron chi connectivity index (χ3n) is 6.05. The van der Waals surface area contributed by atoms with Crippen molar-refractivity contribution in [3.05, 3.63) is 28.2 Å². The Hall–Kier alpha value is -2.48. The van der Waals surface area contributed by atoms with Gasteiger partial charge in [0.1, 0.15) is 11.5 Å². The van der Waals surface area contributed by atoms with E-state index in [2.05, 4.69) is 12.2 Å². The van der Waals surface area contributed by atoms with Gasteiger partial charge < -0.3 is 10.1 Å². The van der Waals surface area contributed by atoms with Crippen LogP contribution in [0.1, 0.15) is 47.0 Å². The van der Waals surface area contributed by atoms with Gasteiger partial charge in [-0.3, -0.25) is 19.3 Å². The third-order valence-corrected chi connectivity index (χ3v) is 7.22. The molecule has 2 aliphatic carbocycles. The van der Waals surface area contributed by atoms with E-state index in [9.17, 15) is 19.2 Å². The smallest absolute Gasteiger partial charge is 0.341 e. The number of anilines is 1. The number of nitrogens with one attached hydrogen (secondary N) is 1. The Morgan fingerprint density at radius 2 is 1.86 bits per heavy atom. The predicted molar refractivity (Wildman–Crippen MR) is 108 cm³/mol. The number of ether oxygens (including phenoxy) is 1. The van der Waals surface area contributed by atoms with Crippen LogP contribution in [-0.2, 0) is 32.0 Å². The zero-order valence-electron chi connectivity index (χ0n) is 16.5. The SMILES string of the molecule is COC(=O)c1c(NC(=O)CN2C(=O)[C@H]3CC=CC[C@@H]3C2=O)sc2c1CC[C@H](C)C2. The Kier molecular flexibility index (Phi) is 5.29. The van der Waals surface area contributed by atoms with Crippen molar-refractivity contribution in [2.75, 3.05) is 19.0 Å². The fourth-order valence-electron chi connectivity index (χ4n) is 4.49. The van der Waals surface area contributed by atoms with Crippen molar-refractivity contribution in [2.45, 2.75) is 39.0 Å². The van der Waals surface area contributed by atoms with Crippen LogP contribution in [0.25, 0.3) is 0 Å². The summed E-state index contributed by atoms with van der Waals surface area (Å²) < 4.78 is 4.93.